The number of halogens is 1. The first-order valence-corrected chi connectivity index (χ1v) is 9.91. The first-order valence-electron chi connectivity index (χ1n) is 8.21. The summed E-state index contributed by atoms with van der Waals surface area (Å²) in [6.45, 7) is 9.90. The fraction of sp³-hybridized carbons (Fsp3) is 0.588. The van der Waals surface area contributed by atoms with Crippen LogP contribution in [0.1, 0.15) is 20.8 Å². The van der Waals surface area contributed by atoms with Gasteiger partial charge >= 0.3 is 0 Å². The van der Waals surface area contributed by atoms with Crippen molar-refractivity contribution in [1.82, 2.24) is 4.90 Å². The number of hydrogen-bond acceptors (Lipinski definition) is 3. The summed E-state index contributed by atoms with van der Waals surface area (Å²) in [7, 11) is -0.891. The molecule has 0 radical (unpaired) electrons. The van der Waals surface area contributed by atoms with Crippen LogP contribution >= 0.6 is 11.6 Å². The third-order valence-corrected chi connectivity index (χ3v) is 6.20. The molecule has 2 rings (SSSR count). The lowest BCUT2D eigenvalue weighted by Gasteiger charge is -2.36. The number of rotatable bonds is 4. The molecule has 7 heteroatoms. The van der Waals surface area contributed by atoms with Crippen LogP contribution in [0.15, 0.2) is 29.3 Å². The van der Waals surface area contributed by atoms with Gasteiger partial charge in [-0.3, -0.25) is 9.20 Å². The molecule has 0 aliphatic carbocycles. The van der Waals surface area contributed by atoms with Gasteiger partial charge in [-0.2, -0.15) is 0 Å². The predicted octanol–water partition coefficient (Wildman–Crippen LogP) is 2.32. The Morgan fingerprint density at radius 1 is 1.21 bits per heavy atom. The van der Waals surface area contributed by atoms with Crippen LogP contribution < -0.4 is 10.6 Å². The van der Waals surface area contributed by atoms with Crippen molar-refractivity contribution in [2.75, 3.05) is 43.4 Å². The van der Waals surface area contributed by atoms with E-state index in [-0.39, 0.29) is 4.75 Å². The molecule has 134 valence electrons. The van der Waals surface area contributed by atoms with Crippen LogP contribution in [-0.2, 0) is 10.8 Å². The third-order valence-electron chi connectivity index (χ3n) is 4.03. The molecule has 1 unspecified atom stereocenters. The Balaban J connectivity index is 1.82. The molecule has 0 bridgehead atoms. The molecule has 0 aromatic heterocycles. The Morgan fingerprint density at radius 2 is 1.79 bits per heavy atom. The zero-order chi connectivity index (χ0) is 17.7. The quantitative estimate of drug-likeness (QED) is 0.652. The van der Waals surface area contributed by atoms with Gasteiger partial charge in [-0.25, -0.2) is 0 Å². The minimum absolute atomic E-state index is 0.200. The van der Waals surface area contributed by atoms with E-state index in [9.17, 15) is 4.21 Å². The van der Waals surface area contributed by atoms with Crippen LogP contribution in [0.3, 0.4) is 0 Å². The Bertz CT molecular complexity index is 590. The van der Waals surface area contributed by atoms with E-state index >= 15 is 0 Å². The SMILES string of the molecule is CC(C)(C)S(=O)CCN=C(N)N1CCN(c2ccc(Cl)cc2)CC1. The highest BCUT2D eigenvalue weighted by molar-refractivity contribution is 7.86. The highest BCUT2D eigenvalue weighted by Crippen LogP contribution is 2.19. The van der Waals surface area contributed by atoms with E-state index in [0.29, 0.717) is 18.3 Å². The van der Waals surface area contributed by atoms with E-state index in [1.165, 1.54) is 5.69 Å². The topological polar surface area (TPSA) is 61.9 Å². The zero-order valence-corrected chi connectivity index (χ0v) is 16.2. The fourth-order valence-electron chi connectivity index (χ4n) is 2.49. The molecule has 0 spiro atoms. The van der Waals surface area contributed by atoms with Gasteiger partial charge in [-0.15, -0.1) is 0 Å². The number of aliphatic imine (C=N–C) groups is 1. The van der Waals surface area contributed by atoms with Crippen molar-refractivity contribution in [2.45, 2.75) is 25.5 Å². The second-order valence-corrected chi connectivity index (χ2v) is 9.61. The van der Waals surface area contributed by atoms with Crippen LogP contribution in [0.25, 0.3) is 0 Å². The number of hydrogen-bond donors (Lipinski definition) is 1. The molecule has 1 fully saturated rings. The monoisotopic (exact) mass is 370 g/mol. The van der Waals surface area contributed by atoms with E-state index in [1.807, 2.05) is 45.0 Å². The maximum atomic E-state index is 12.0. The summed E-state index contributed by atoms with van der Waals surface area (Å²) in [4.78, 5) is 8.81. The molecular weight excluding hydrogens is 344 g/mol. The molecular formula is C17H27ClN4OS. The Kier molecular flexibility index (Phi) is 6.52. The largest absolute Gasteiger partial charge is 0.370 e. The van der Waals surface area contributed by atoms with Gasteiger partial charge < -0.3 is 15.5 Å². The summed E-state index contributed by atoms with van der Waals surface area (Å²) in [5.41, 5.74) is 7.26. The van der Waals surface area contributed by atoms with Crippen molar-refractivity contribution in [3.8, 4) is 0 Å². The average Bonchev–Trinajstić information content (AvgIpc) is 2.54. The Morgan fingerprint density at radius 3 is 2.33 bits per heavy atom. The van der Waals surface area contributed by atoms with Gasteiger partial charge in [-0.05, 0) is 45.0 Å². The smallest absolute Gasteiger partial charge is 0.191 e. The van der Waals surface area contributed by atoms with Crippen molar-refractivity contribution in [2.24, 2.45) is 10.7 Å². The molecule has 1 saturated heterocycles. The first kappa shape index (κ1) is 19.1. The number of anilines is 1. The van der Waals surface area contributed by atoms with Crippen molar-refractivity contribution >= 4 is 34.0 Å². The highest BCUT2D eigenvalue weighted by Gasteiger charge is 2.20. The molecule has 1 heterocycles. The van der Waals surface area contributed by atoms with Gasteiger partial charge in [0.25, 0.3) is 0 Å². The molecule has 1 aliphatic heterocycles. The van der Waals surface area contributed by atoms with Crippen molar-refractivity contribution in [3.63, 3.8) is 0 Å². The summed E-state index contributed by atoms with van der Waals surface area (Å²) in [6, 6.07) is 7.90. The second-order valence-electron chi connectivity index (χ2n) is 6.85. The van der Waals surface area contributed by atoms with Crippen LogP contribution in [0.2, 0.25) is 5.02 Å². The summed E-state index contributed by atoms with van der Waals surface area (Å²) in [6.07, 6.45) is 0. The standard InChI is InChI=1S/C17H27ClN4OS/c1-17(2,3)24(23)13-8-20-16(19)22-11-9-21(10-12-22)15-6-4-14(18)5-7-15/h4-7H,8-13H2,1-3H3,(H2,19,20). The lowest BCUT2D eigenvalue weighted by atomic mass is 10.2. The lowest BCUT2D eigenvalue weighted by Crippen LogP contribution is -2.51. The van der Waals surface area contributed by atoms with Gasteiger partial charge in [0.1, 0.15) is 0 Å². The van der Waals surface area contributed by atoms with E-state index < -0.39 is 10.8 Å². The number of nitrogens with two attached hydrogens (primary N) is 1. The molecule has 1 aliphatic rings. The molecule has 0 amide bonds. The molecule has 24 heavy (non-hydrogen) atoms. The van der Waals surface area contributed by atoms with Crippen LogP contribution in [-0.4, -0.2) is 58.3 Å². The number of piperazine rings is 1. The van der Waals surface area contributed by atoms with E-state index in [1.54, 1.807) is 0 Å². The number of benzene rings is 1. The maximum absolute atomic E-state index is 12.0. The van der Waals surface area contributed by atoms with E-state index in [0.717, 1.165) is 31.2 Å². The molecule has 1 aromatic rings. The van der Waals surface area contributed by atoms with Crippen LogP contribution in [0, 0.1) is 0 Å². The van der Waals surface area contributed by atoms with Crippen molar-refractivity contribution in [1.29, 1.82) is 0 Å². The van der Waals surface area contributed by atoms with Crippen molar-refractivity contribution in [3.05, 3.63) is 29.3 Å². The average molecular weight is 371 g/mol. The van der Waals surface area contributed by atoms with Crippen LogP contribution in [0.4, 0.5) is 5.69 Å². The van der Waals surface area contributed by atoms with Gasteiger partial charge in [0.05, 0.1) is 6.54 Å². The normalized spacial score (nSPS) is 17.9. The molecule has 2 N–H and O–H groups in total. The Hall–Kier alpha value is -1.27. The van der Waals surface area contributed by atoms with Gasteiger partial charge in [0, 0.05) is 58.2 Å². The fourth-order valence-corrected chi connectivity index (χ4v) is 3.49. The summed E-state index contributed by atoms with van der Waals surface area (Å²) in [5.74, 6) is 1.10. The molecule has 5 nitrogen and oxygen atoms in total. The first-order chi connectivity index (χ1) is 11.3. The van der Waals surface area contributed by atoms with Gasteiger partial charge in [-0.1, -0.05) is 11.6 Å². The summed E-state index contributed by atoms with van der Waals surface area (Å²) >= 11 is 5.93. The minimum Gasteiger partial charge on any atom is -0.370 e. The zero-order valence-electron chi connectivity index (χ0n) is 14.7. The van der Waals surface area contributed by atoms with Crippen LogP contribution in [0.5, 0.6) is 0 Å². The maximum Gasteiger partial charge on any atom is 0.191 e. The molecule has 1 aromatic carbocycles. The minimum atomic E-state index is -0.891. The molecule has 1 atom stereocenters. The van der Waals surface area contributed by atoms with E-state index in [2.05, 4.69) is 14.8 Å². The third kappa shape index (κ3) is 5.38. The second kappa shape index (κ2) is 8.21. The Labute approximate surface area is 152 Å². The lowest BCUT2D eigenvalue weighted by molar-refractivity contribution is 0.381. The predicted molar refractivity (Wildman–Crippen MR) is 104 cm³/mol. The summed E-state index contributed by atoms with van der Waals surface area (Å²) < 4.78 is 11.8. The number of guanidine groups is 1. The van der Waals surface area contributed by atoms with Crippen molar-refractivity contribution < 1.29 is 4.21 Å². The van der Waals surface area contributed by atoms with E-state index in [4.69, 9.17) is 17.3 Å². The molecule has 0 saturated carbocycles. The number of nitrogens with zero attached hydrogens (tertiary/aromatic N) is 3. The summed E-state index contributed by atoms with van der Waals surface area (Å²) in [5, 5.41) is 0.751. The highest BCUT2D eigenvalue weighted by atomic mass is 35.5. The van der Waals surface area contributed by atoms with Gasteiger partial charge in [0.2, 0.25) is 0 Å². The van der Waals surface area contributed by atoms with Gasteiger partial charge in [0.15, 0.2) is 5.96 Å².